The first-order chi connectivity index (χ1) is 16.2. The number of rotatable bonds is 4. The molecule has 0 radical (unpaired) electrons. The minimum Gasteiger partial charge on any atom is -0.350 e. The lowest BCUT2D eigenvalue weighted by Crippen LogP contribution is -2.54. The van der Waals surface area contributed by atoms with Crippen molar-refractivity contribution in [1.29, 1.82) is 0 Å². The molecular weight excluding hydrogens is 533 g/mol. The van der Waals surface area contributed by atoms with Crippen molar-refractivity contribution < 1.29 is 4.79 Å². The normalized spacial score (nSPS) is 23.7. The highest BCUT2D eigenvalue weighted by Crippen LogP contribution is 2.61. The van der Waals surface area contributed by atoms with E-state index in [1.807, 2.05) is 16.8 Å². The molecule has 0 saturated heterocycles. The van der Waals surface area contributed by atoms with Crippen molar-refractivity contribution in [3.8, 4) is 16.9 Å². The fourth-order valence-corrected chi connectivity index (χ4v) is 7.45. The number of fused-ring (bicyclic) bond motifs is 5. The van der Waals surface area contributed by atoms with E-state index in [0.717, 1.165) is 27.2 Å². The van der Waals surface area contributed by atoms with Crippen molar-refractivity contribution in [1.82, 2.24) is 15.1 Å². The molecule has 3 atom stereocenters. The molecule has 7 heteroatoms. The monoisotopic (exact) mass is 557 g/mol. The maximum atomic E-state index is 13.5. The summed E-state index contributed by atoms with van der Waals surface area (Å²) in [6, 6.07) is 11.6. The molecule has 176 valence electrons. The average Bonchev–Trinajstić information content (AvgIpc) is 3.34. The molecule has 7 rings (SSSR count). The number of aromatic nitrogens is 2. The van der Waals surface area contributed by atoms with Crippen LogP contribution in [-0.2, 0) is 6.42 Å². The summed E-state index contributed by atoms with van der Waals surface area (Å²) in [5.41, 5.74) is 5.72. The van der Waals surface area contributed by atoms with E-state index in [1.165, 1.54) is 24.8 Å². The zero-order valence-electron chi connectivity index (χ0n) is 19.2. The molecule has 0 aliphatic heterocycles. The van der Waals surface area contributed by atoms with Crippen LogP contribution in [0.4, 0.5) is 0 Å². The van der Waals surface area contributed by atoms with Crippen LogP contribution in [0.5, 0.6) is 0 Å². The number of benzene rings is 2. The van der Waals surface area contributed by atoms with E-state index in [-0.39, 0.29) is 5.91 Å². The fourth-order valence-electron chi connectivity index (χ4n) is 6.55. The second-order valence-electron chi connectivity index (χ2n) is 10.6. The van der Waals surface area contributed by atoms with E-state index in [1.54, 1.807) is 12.1 Å². The summed E-state index contributed by atoms with van der Waals surface area (Å²) in [4.78, 5) is 13.5. The van der Waals surface area contributed by atoms with Gasteiger partial charge in [0.25, 0.3) is 5.91 Å². The molecule has 4 aliphatic carbocycles. The van der Waals surface area contributed by atoms with Crippen LogP contribution >= 0.6 is 39.1 Å². The van der Waals surface area contributed by atoms with Crippen molar-refractivity contribution in [2.45, 2.75) is 39.5 Å². The smallest absolute Gasteiger partial charge is 0.272 e. The minimum absolute atomic E-state index is 0.105. The SMILES string of the molecule is CC1(C)C2CCC(CNC(=O)c3nn(-c4ccc(Cl)cc4Cl)c4c3Cc3cc(Br)ccc3-4)C1C2. The van der Waals surface area contributed by atoms with Crippen LogP contribution in [0.3, 0.4) is 0 Å². The van der Waals surface area contributed by atoms with Crippen LogP contribution in [-0.4, -0.2) is 22.2 Å². The van der Waals surface area contributed by atoms with Gasteiger partial charge in [-0.05, 0) is 78.3 Å². The first-order valence-electron chi connectivity index (χ1n) is 11.9. The molecule has 1 N–H and O–H groups in total. The van der Waals surface area contributed by atoms with Gasteiger partial charge < -0.3 is 5.32 Å². The van der Waals surface area contributed by atoms with Gasteiger partial charge in [0.15, 0.2) is 5.69 Å². The molecule has 4 aliphatic rings. The van der Waals surface area contributed by atoms with Gasteiger partial charge in [0.05, 0.1) is 16.4 Å². The van der Waals surface area contributed by atoms with Crippen molar-refractivity contribution in [2.24, 2.45) is 23.2 Å². The number of halogens is 3. The molecule has 0 spiro atoms. The molecule has 3 aromatic rings. The summed E-state index contributed by atoms with van der Waals surface area (Å²) >= 11 is 16.3. The Bertz CT molecular complexity index is 1330. The third kappa shape index (κ3) is 3.46. The van der Waals surface area contributed by atoms with Crippen LogP contribution in [0.25, 0.3) is 16.9 Å². The standard InChI is InChI=1S/C27H26BrCl2N3O/c1-27(2)16-4-3-14(21(27)11-16)13-31-26(34)24-20-10-15-9-17(28)5-7-19(15)25(20)33(32-24)23-8-6-18(29)12-22(23)30/h5-9,12,14,16,21H,3-4,10-11,13H2,1-2H3,(H,31,34). The molecule has 1 amide bonds. The summed E-state index contributed by atoms with van der Waals surface area (Å²) in [7, 11) is 0. The van der Waals surface area contributed by atoms with Gasteiger partial charge in [-0.2, -0.15) is 5.10 Å². The van der Waals surface area contributed by atoms with Gasteiger partial charge >= 0.3 is 0 Å². The van der Waals surface area contributed by atoms with E-state index in [0.29, 0.717) is 51.6 Å². The van der Waals surface area contributed by atoms with Crippen molar-refractivity contribution in [2.75, 3.05) is 6.54 Å². The highest BCUT2D eigenvalue weighted by molar-refractivity contribution is 9.10. The largest absolute Gasteiger partial charge is 0.350 e. The molecule has 3 fully saturated rings. The Hall–Kier alpha value is -1.82. The third-order valence-electron chi connectivity index (χ3n) is 8.55. The molecule has 3 unspecified atom stereocenters. The van der Waals surface area contributed by atoms with Crippen molar-refractivity contribution in [3.63, 3.8) is 0 Å². The summed E-state index contributed by atoms with van der Waals surface area (Å²) in [5.74, 6) is 1.99. The summed E-state index contributed by atoms with van der Waals surface area (Å²) < 4.78 is 2.83. The van der Waals surface area contributed by atoms with Gasteiger partial charge in [-0.15, -0.1) is 0 Å². The second-order valence-corrected chi connectivity index (χ2v) is 12.3. The van der Waals surface area contributed by atoms with Crippen LogP contribution in [0.2, 0.25) is 10.0 Å². The Kier molecular flexibility index (Phi) is 5.40. The van der Waals surface area contributed by atoms with Crippen LogP contribution < -0.4 is 5.32 Å². The third-order valence-corrected chi connectivity index (χ3v) is 9.58. The number of hydrogen-bond donors (Lipinski definition) is 1. The zero-order chi connectivity index (χ0) is 23.8. The maximum absolute atomic E-state index is 13.5. The number of nitrogens with zero attached hydrogens (tertiary/aromatic N) is 2. The Labute approximate surface area is 218 Å². The molecule has 1 heterocycles. The van der Waals surface area contributed by atoms with E-state index >= 15 is 0 Å². The van der Waals surface area contributed by atoms with Gasteiger partial charge in [0.1, 0.15) is 0 Å². The van der Waals surface area contributed by atoms with E-state index in [4.69, 9.17) is 28.3 Å². The first-order valence-corrected chi connectivity index (χ1v) is 13.4. The first kappa shape index (κ1) is 22.6. The summed E-state index contributed by atoms with van der Waals surface area (Å²) in [6.45, 7) is 5.49. The Morgan fingerprint density at radius 2 is 2.03 bits per heavy atom. The number of amides is 1. The molecule has 2 bridgehead atoms. The minimum atomic E-state index is -0.105. The van der Waals surface area contributed by atoms with Crippen LogP contribution in [0, 0.1) is 23.2 Å². The van der Waals surface area contributed by atoms with E-state index in [9.17, 15) is 4.79 Å². The molecule has 2 aromatic carbocycles. The Balaban J connectivity index is 1.35. The lowest BCUT2D eigenvalue weighted by atomic mass is 9.45. The van der Waals surface area contributed by atoms with Gasteiger partial charge in [0, 0.05) is 33.6 Å². The predicted molar refractivity (Wildman–Crippen MR) is 140 cm³/mol. The zero-order valence-corrected chi connectivity index (χ0v) is 22.3. The number of carbonyl (C=O) groups excluding carboxylic acids is 1. The highest BCUT2D eigenvalue weighted by atomic mass is 79.9. The summed E-state index contributed by atoms with van der Waals surface area (Å²) in [6.07, 6.45) is 4.44. The van der Waals surface area contributed by atoms with Crippen molar-refractivity contribution in [3.05, 3.63) is 67.7 Å². The molecule has 3 saturated carbocycles. The van der Waals surface area contributed by atoms with Crippen molar-refractivity contribution >= 4 is 45.0 Å². The highest BCUT2D eigenvalue weighted by Gasteiger charge is 2.54. The number of hydrogen-bond acceptors (Lipinski definition) is 2. The lowest BCUT2D eigenvalue weighted by Gasteiger charge is -2.60. The number of nitrogens with one attached hydrogen (secondary N) is 1. The molecule has 4 nitrogen and oxygen atoms in total. The fraction of sp³-hybridized carbons (Fsp3) is 0.407. The predicted octanol–water partition coefficient (Wildman–Crippen LogP) is 7.31. The molecule has 1 aromatic heterocycles. The van der Waals surface area contributed by atoms with Crippen LogP contribution in [0.15, 0.2) is 40.9 Å². The lowest BCUT2D eigenvalue weighted by molar-refractivity contribution is -0.103. The average molecular weight is 559 g/mol. The van der Waals surface area contributed by atoms with Crippen LogP contribution in [0.1, 0.15) is 54.7 Å². The van der Waals surface area contributed by atoms with Gasteiger partial charge in [0.2, 0.25) is 0 Å². The maximum Gasteiger partial charge on any atom is 0.272 e. The van der Waals surface area contributed by atoms with E-state index < -0.39 is 0 Å². The summed E-state index contributed by atoms with van der Waals surface area (Å²) in [5, 5.41) is 9.10. The van der Waals surface area contributed by atoms with Gasteiger partial charge in [-0.1, -0.05) is 59.0 Å². The van der Waals surface area contributed by atoms with Gasteiger partial charge in [-0.25, -0.2) is 4.68 Å². The number of carbonyl (C=O) groups is 1. The molecule has 34 heavy (non-hydrogen) atoms. The Morgan fingerprint density at radius 1 is 1.21 bits per heavy atom. The topological polar surface area (TPSA) is 46.9 Å². The van der Waals surface area contributed by atoms with E-state index in [2.05, 4.69) is 47.2 Å². The van der Waals surface area contributed by atoms with Gasteiger partial charge in [-0.3, -0.25) is 4.79 Å². The Morgan fingerprint density at radius 3 is 2.76 bits per heavy atom. The molecular formula is C27H26BrCl2N3O. The second kappa shape index (κ2) is 8.11. The quantitative estimate of drug-likeness (QED) is 0.285.